The number of ketones is 2. The predicted octanol–water partition coefficient (Wildman–Crippen LogP) is 3.93. The van der Waals surface area contributed by atoms with Gasteiger partial charge < -0.3 is 14.4 Å². The van der Waals surface area contributed by atoms with E-state index in [0.29, 0.717) is 24.0 Å². The number of nitrogens with zero attached hydrogens (tertiary/aromatic N) is 1. The van der Waals surface area contributed by atoms with Gasteiger partial charge in [-0.2, -0.15) is 0 Å². The van der Waals surface area contributed by atoms with Gasteiger partial charge in [0.15, 0.2) is 5.78 Å². The van der Waals surface area contributed by atoms with Crippen molar-refractivity contribution >= 4 is 17.5 Å². The number of carbonyl (C=O) groups excluding carboxylic acids is 3. The highest BCUT2D eigenvalue weighted by Crippen LogP contribution is 2.56. The summed E-state index contributed by atoms with van der Waals surface area (Å²) in [6, 6.07) is 6.72. The summed E-state index contributed by atoms with van der Waals surface area (Å²) in [5.74, 6) is 0.0852. The van der Waals surface area contributed by atoms with Gasteiger partial charge in [-0.3, -0.25) is 14.4 Å². The first kappa shape index (κ1) is 24.0. The highest BCUT2D eigenvalue weighted by atomic mass is 16.5. The van der Waals surface area contributed by atoms with Gasteiger partial charge in [0.1, 0.15) is 23.2 Å². The standard InChI is InChI=1S/C29H35NO5/c1-4-14-30-27(23(32)17-20-10-6-5-8-18(20)2)29-13-12-24(35-29)25(26(29)28(30)33)22(31)16-19-9-7-11-21(15-19)34-3/h4,7,9,11-13,15,18,20,24-27H,1,5-6,8,10,14,16-17H2,2-3H3. The highest BCUT2D eigenvalue weighted by molar-refractivity contribution is 6.01. The van der Waals surface area contributed by atoms with Crippen LogP contribution in [0.25, 0.3) is 0 Å². The van der Waals surface area contributed by atoms with Gasteiger partial charge in [-0.25, -0.2) is 0 Å². The number of rotatable bonds is 9. The van der Waals surface area contributed by atoms with E-state index in [4.69, 9.17) is 9.47 Å². The molecule has 1 aromatic rings. The predicted molar refractivity (Wildman–Crippen MR) is 132 cm³/mol. The molecule has 7 unspecified atom stereocenters. The first-order valence-corrected chi connectivity index (χ1v) is 12.9. The number of amides is 1. The molecule has 1 amide bonds. The van der Waals surface area contributed by atoms with E-state index < -0.39 is 29.6 Å². The normalized spacial score (nSPS) is 35.3. The van der Waals surface area contributed by atoms with E-state index in [2.05, 4.69) is 13.5 Å². The molecule has 1 spiro atoms. The highest BCUT2D eigenvalue weighted by Gasteiger charge is 2.72. The molecule has 1 aliphatic carbocycles. The molecular formula is C29H35NO5. The SMILES string of the molecule is C=CCN1C(=O)C2C(C(=O)Cc3cccc(OC)c3)C3C=CC2(O3)C1C(=O)CC1CCCCC1C. The van der Waals surface area contributed by atoms with Crippen molar-refractivity contribution in [1.82, 2.24) is 4.90 Å². The summed E-state index contributed by atoms with van der Waals surface area (Å²) < 4.78 is 11.7. The Kier molecular flexibility index (Phi) is 6.43. The third-order valence-corrected chi connectivity index (χ3v) is 8.64. The number of hydrogen-bond donors (Lipinski definition) is 0. The summed E-state index contributed by atoms with van der Waals surface area (Å²) in [7, 11) is 1.59. The van der Waals surface area contributed by atoms with Gasteiger partial charge in [-0.15, -0.1) is 6.58 Å². The molecule has 4 aliphatic rings. The second-order valence-electron chi connectivity index (χ2n) is 10.7. The van der Waals surface area contributed by atoms with Gasteiger partial charge >= 0.3 is 0 Å². The van der Waals surface area contributed by atoms with Gasteiger partial charge in [0, 0.05) is 19.4 Å². The van der Waals surface area contributed by atoms with Crippen molar-refractivity contribution in [3.8, 4) is 5.75 Å². The number of fused-ring (bicyclic) bond motifs is 1. The zero-order chi connectivity index (χ0) is 24.7. The minimum Gasteiger partial charge on any atom is -0.497 e. The van der Waals surface area contributed by atoms with E-state index >= 15 is 0 Å². The number of benzene rings is 1. The Morgan fingerprint density at radius 3 is 2.80 bits per heavy atom. The molecule has 1 saturated carbocycles. The van der Waals surface area contributed by atoms with Crippen molar-refractivity contribution in [1.29, 1.82) is 0 Å². The lowest BCUT2D eigenvalue weighted by Gasteiger charge is -2.34. The van der Waals surface area contributed by atoms with Gasteiger partial charge in [0.25, 0.3) is 0 Å². The van der Waals surface area contributed by atoms with Crippen molar-refractivity contribution in [2.75, 3.05) is 13.7 Å². The van der Waals surface area contributed by atoms with Crippen LogP contribution >= 0.6 is 0 Å². The maximum Gasteiger partial charge on any atom is 0.230 e. The van der Waals surface area contributed by atoms with Crippen LogP contribution in [0.3, 0.4) is 0 Å². The van der Waals surface area contributed by atoms with Crippen LogP contribution in [0.1, 0.15) is 44.6 Å². The Morgan fingerprint density at radius 1 is 1.26 bits per heavy atom. The fourth-order valence-electron chi connectivity index (χ4n) is 6.92. The zero-order valence-electron chi connectivity index (χ0n) is 20.7. The first-order valence-electron chi connectivity index (χ1n) is 12.9. The smallest absolute Gasteiger partial charge is 0.230 e. The molecule has 6 nitrogen and oxygen atoms in total. The van der Waals surface area contributed by atoms with E-state index in [9.17, 15) is 14.4 Å². The Bertz CT molecular complexity index is 1060. The molecule has 6 heteroatoms. The Hall–Kier alpha value is -2.73. The van der Waals surface area contributed by atoms with Crippen molar-refractivity contribution in [2.45, 2.75) is 63.2 Å². The minimum absolute atomic E-state index is 0.0413. The van der Waals surface area contributed by atoms with Crippen LogP contribution in [0.4, 0.5) is 0 Å². The quantitative estimate of drug-likeness (QED) is 0.504. The molecule has 3 heterocycles. The molecule has 7 atom stereocenters. The summed E-state index contributed by atoms with van der Waals surface area (Å²) in [6.45, 7) is 6.31. The third-order valence-electron chi connectivity index (χ3n) is 8.64. The van der Waals surface area contributed by atoms with Crippen LogP contribution in [-0.4, -0.2) is 53.8 Å². The van der Waals surface area contributed by atoms with Crippen molar-refractivity contribution in [3.63, 3.8) is 0 Å². The van der Waals surface area contributed by atoms with Gasteiger partial charge in [-0.1, -0.05) is 56.5 Å². The van der Waals surface area contributed by atoms with E-state index in [1.54, 1.807) is 18.1 Å². The Balaban J connectivity index is 1.42. The van der Waals surface area contributed by atoms with Crippen LogP contribution in [0.15, 0.2) is 49.1 Å². The fraction of sp³-hybridized carbons (Fsp3) is 0.552. The average Bonchev–Trinajstić information content (AvgIpc) is 3.48. The van der Waals surface area contributed by atoms with E-state index in [1.807, 2.05) is 36.4 Å². The maximum absolute atomic E-state index is 13.8. The van der Waals surface area contributed by atoms with Crippen molar-refractivity contribution in [3.05, 3.63) is 54.6 Å². The summed E-state index contributed by atoms with van der Waals surface area (Å²) in [5.41, 5.74) is -0.225. The number of hydrogen-bond acceptors (Lipinski definition) is 5. The maximum atomic E-state index is 13.8. The minimum atomic E-state index is -1.06. The van der Waals surface area contributed by atoms with Crippen LogP contribution in [0.2, 0.25) is 0 Å². The summed E-state index contributed by atoms with van der Waals surface area (Å²) in [4.78, 5) is 42.7. The third kappa shape index (κ3) is 3.96. The van der Waals surface area contributed by atoms with Crippen LogP contribution in [0.5, 0.6) is 5.75 Å². The molecule has 3 fully saturated rings. The lowest BCUT2D eigenvalue weighted by molar-refractivity contribution is -0.140. The van der Waals surface area contributed by atoms with E-state index in [0.717, 1.165) is 24.8 Å². The first-order chi connectivity index (χ1) is 16.9. The number of methoxy groups -OCH3 is 1. The van der Waals surface area contributed by atoms with Crippen molar-refractivity contribution < 1.29 is 23.9 Å². The van der Waals surface area contributed by atoms with E-state index in [-0.39, 0.29) is 30.4 Å². The molecule has 2 bridgehead atoms. The lowest BCUT2D eigenvalue weighted by atomic mass is 9.70. The molecular weight excluding hydrogens is 442 g/mol. The Morgan fingerprint density at radius 2 is 2.06 bits per heavy atom. The molecule has 1 aromatic carbocycles. The van der Waals surface area contributed by atoms with E-state index in [1.165, 1.54) is 6.42 Å². The molecule has 0 radical (unpaired) electrons. The largest absolute Gasteiger partial charge is 0.497 e. The number of Topliss-reactive ketones (excluding diaryl/α,β-unsaturated/α-hetero) is 2. The Labute approximate surface area is 207 Å². The summed E-state index contributed by atoms with van der Waals surface area (Å²) in [5, 5.41) is 0. The molecule has 5 rings (SSSR count). The second-order valence-corrected chi connectivity index (χ2v) is 10.7. The van der Waals surface area contributed by atoms with Gasteiger partial charge in [0.05, 0.1) is 25.0 Å². The summed E-state index contributed by atoms with van der Waals surface area (Å²) >= 11 is 0. The van der Waals surface area contributed by atoms with Crippen LogP contribution < -0.4 is 4.74 Å². The van der Waals surface area contributed by atoms with Gasteiger partial charge in [0.2, 0.25) is 5.91 Å². The molecule has 0 aromatic heterocycles. The monoisotopic (exact) mass is 477 g/mol. The number of carbonyl (C=O) groups is 3. The van der Waals surface area contributed by atoms with Crippen molar-refractivity contribution in [2.24, 2.45) is 23.7 Å². The summed E-state index contributed by atoms with van der Waals surface area (Å²) in [6.07, 6.45) is 10.2. The molecule has 186 valence electrons. The fourth-order valence-corrected chi connectivity index (χ4v) is 6.92. The zero-order valence-corrected chi connectivity index (χ0v) is 20.7. The molecule has 0 N–H and O–H groups in total. The molecule has 35 heavy (non-hydrogen) atoms. The molecule has 2 saturated heterocycles. The number of ether oxygens (including phenoxy) is 2. The van der Waals surface area contributed by atoms with Crippen LogP contribution in [-0.2, 0) is 25.5 Å². The second kappa shape index (κ2) is 9.38. The average molecular weight is 478 g/mol. The lowest BCUT2D eigenvalue weighted by Crippen LogP contribution is -2.51. The topological polar surface area (TPSA) is 72.9 Å². The molecule has 3 aliphatic heterocycles. The number of likely N-dealkylation sites (tertiary alicyclic amines) is 1. The van der Waals surface area contributed by atoms with Crippen LogP contribution in [0, 0.1) is 23.7 Å². The van der Waals surface area contributed by atoms with Gasteiger partial charge in [-0.05, 0) is 36.0 Å².